The molecule has 2 aliphatic carbocycles. The van der Waals surface area contributed by atoms with Gasteiger partial charge in [-0.05, 0) is 90.4 Å². The van der Waals surface area contributed by atoms with Crippen LogP contribution in [0.2, 0.25) is 0 Å². The van der Waals surface area contributed by atoms with Gasteiger partial charge in [-0.25, -0.2) is 0 Å². The number of hydrogen-bond donors (Lipinski definition) is 2. The molecule has 0 aromatic heterocycles. The third-order valence-corrected chi connectivity index (χ3v) is 7.98. The Morgan fingerprint density at radius 1 is 1.00 bits per heavy atom. The SMILES string of the molecule is COc1cc(C2C3=C(CCCC3=O)NC3=C2C(=O)CCC3)cc(Br)c1OCC(=O)Nc1cc(C)ccc1C. The van der Waals surface area contributed by atoms with Crippen LogP contribution in [-0.4, -0.2) is 31.2 Å². The Morgan fingerprint density at radius 2 is 1.66 bits per heavy atom. The fourth-order valence-corrected chi connectivity index (χ4v) is 6.13. The van der Waals surface area contributed by atoms with Crippen LogP contribution in [0.1, 0.15) is 61.1 Å². The third-order valence-electron chi connectivity index (χ3n) is 7.39. The first kappa shape index (κ1) is 26.2. The maximum absolute atomic E-state index is 13.1. The van der Waals surface area contributed by atoms with Gasteiger partial charge in [0.2, 0.25) is 0 Å². The number of halogens is 1. The molecule has 0 fully saturated rings. The summed E-state index contributed by atoms with van der Waals surface area (Å²) in [5, 5.41) is 6.34. The molecule has 38 heavy (non-hydrogen) atoms. The van der Waals surface area contributed by atoms with Gasteiger partial charge in [0.1, 0.15) is 0 Å². The summed E-state index contributed by atoms with van der Waals surface area (Å²) < 4.78 is 12.2. The number of hydrogen-bond acceptors (Lipinski definition) is 6. The van der Waals surface area contributed by atoms with Crippen molar-refractivity contribution >= 4 is 39.1 Å². The highest BCUT2D eigenvalue weighted by atomic mass is 79.9. The number of amides is 1. The lowest BCUT2D eigenvalue weighted by atomic mass is 9.71. The van der Waals surface area contributed by atoms with Crippen LogP contribution in [0, 0.1) is 13.8 Å². The zero-order valence-electron chi connectivity index (χ0n) is 21.8. The van der Waals surface area contributed by atoms with Crippen LogP contribution in [0.15, 0.2) is 57.3 Å². The predicted molar refractivity (Wildman–Crippen MR) is 148 cm³/mol. The standard InChI is InChI=1S/C30H31BrN2O5/c1-16-10-11-17(2)22(12-16)33-26(36)15-38-30-19(31)13-18(14-25(30)37-3)27-28-20(6-4-8-23(28)34)32-21-7-5-9-24(35)29(21)27/h10-14,27,32H,4-9,15H2,1-3H3,(H,33,36). The minimum atomic E-state index is -0.450. The summed E-state index contributed by atoms with van der Waals surface area (Å²) in [6.45, 7) is 3.69. The molecule has 0 unspecified atom stereocenters. The molecule has 7 nitrogen and oxygen atoms in total. The largest absolute Gasteiger partial charge is 0.493 e. The van der Waals surface area contributed by atoms with E-state index in [1.165, 1.54) is 7.11 Å². The predicted octanol–water partition coefficient (Wildman–Crippen LogP) is 5.79. The van der Waals surface area contributed by atoms with E-state index in [9.17, 15) is 14.4 Å². The van der Waals surface area contributed by atoms with Crippen molar-refractivity contribution in [2.45, 2.75) is 58.3 Å². The van der Waals surface area contributed by atoms with Crippen LogP contribution in [0.4, 0.5) is 5.69 Å². The molecule has 198 valence electrons. The summed E-state index contributed by atoms with van der Waals surface area (Å²) in [4.78, 5) is 38.9. The van der Waals surface area contributed by atoms with Crippen molar-refractivity contribution in [1.29, 1.82) is 0 Å². The van der Waals surface area contributed by atoms with Crippen LogP contribution in [0.5, 0.6) is 11.5 Å². The first-order valence-electron chi connectivity index (χ1n) is 12.9. The number of benzene rings is 2. The second kappa shape index (κ2) is 10.8. The number of carbonyl (C=O) groups excluding carboxylic acids is 3. The molecule has 0 saturated heterocycles. The first-order chi connectivity index (χ1) is 18.3. The zero-order chi connectivity index (χ0) is 27.0. The van der Waals surface area contributed by atoms with E-state index in [2.05, 4.69) is 26.6 Å². The highest BCUT2D eigenvalue weighted by Gasteiger charge is 2.40. The Bertz CT molecular complexity index is 1370. The Balaban J connectivity index is 1.45. The van der Waals surface area contributed by atoms with E-state index in [1.807, 2.05) is 44.2 Å². The summed E-state index contributed by atoms with van der Waals surface area (Å²) in [7, 11) is 1.53. The maximum Gasteiger partial charge on any atom is 0.262 e. The number of allylic oxidation sites excluding steroid dienone is 4. The molecular weight excluding hydrogens is 548 g/mol. The lowest BCUT2D eigenvalue weighted by Crippen LogP contribution is -2.36. The second-order valence-corrected chi connectivity index (χ2v) is 10.9. The number of ether oxygens (including phenoxy) is 2. The number of rotatable bonds is 6. The van der Waals surface area contributed by atoms with Gasteiger partial charge in [0, 0.05) is 47.0 Å². The monoisotopic (exact) mass is 578 g/mol. The minimum absolute atomic E-state index is 0.0761. The summed E-state index contributed by atoms with van der Waals surface area (Å²) >= 11 is 3.60. The van der Waals surface area contributed by atoms with E-state index in [0.717, 1.165) is 59.5 Å². The normalized spacial score (nSPS) is 17.6. The van der Waals surface area contributed by atoms with Gasteiger partial charge in [-0.15, -0.1) is 0 Å². The molecule has 0 spiro atoms. The number of ketones is 2. The Morgan fingerprint density at radius 3 is 2.29 bits per heavy atom. The van der Waals surface area contributed by atoms with Gasteiger partial charge in [0.05, 0.1) is 11.6 Å². The van der Waals surface area contributed by atoms with Gasteiger partial charge in [0.25, 0.3) is 5.91 Å². The van der Waals surface area contributed by atoms with Gasteiger partial charge >= 0.3 is 0 Å². The molecule has 1 amide bonds. The van der Waals surface area contributed by atoms with Crippen LogP contribution >= 0.6 is 15.9 Å². The maximum atomic E-state index is 13.1. The highest BCUT2D eigenvalue weighted by Crippen LogP contribution is 2.48. The minimum Gasteiger partial charge on any atom is -0.493 e. The quantitative estimate of drug-likeness (QED) is 0.450. The molecule has 2 aromatic carbocycles. The molecule has 3 aliphatic rings. The molecule has 2 aromatic rings. The smallest absolute Gasteiger partial charge is 0.262 e. The average molecular weight is 579 g/mol. The van der Waals surface area contributed by atoms with Gasteiger partial charge < -0.3 is 20.1 Å². The molecule has 1 heterocycles. The molecule has 0 saturated carbocycles. The molecular formula is C30H31BrN2O5. The Kier molecular flexibility index (Phi) is 7.43. The highest BCUT2D eigenvalue weighted by molar-refractivity contribution is 9.10. The first-order valence-corrected chi connectivity index (χ1v) is 13.7. The lowest BCUT2D eigenvalue weighted by molar-refractivity contribution is -0.118. The molecule has 8 heteroatoms. The number of aryl methyl sites for hydroxylation is 2. The van der Waals surface area contributed by atoms with Crippen molar-refractivity contribution in [1.82, 2.24) is 5.32 Å². The number of nitrogens with one attached hydrogen (secondary N) is 2. The van der Waals surface area contributed by atoms with Crippen LogP contribution in [0.25, 0.3) is 0 Å². The van der Waals surface area contributed by atoms with Crippen molar-refractivity contribution < 1.29 is 23.9 Å². The number of anilines is 1. The summed E-state index contributed by atoms with van der Waals surface area (Å²) in [6.07, 6.45) is 4.14. The molecule has 5 rings (SSSR count). The second-order valence-electron chi connectivity index (χ2n) is 10.1. The van der Waals surface area contributed by atoms with Crippen LogP contribution < -0.4 is 20.1 Å². The van der Waals surface area contributed by atoms with E-state index in [-0.39, 0.29) is 24.1 Å². The van der Waals surface area contributed by atoms with Crippen molar-refractivity contribution in [3.05, 3.63) is 74.0 Å². The average Bonchev–Trinajstić information content (AvgIpc) is 2.89. The molecule has 0 atom stereocenters. The van der Waals surface area contributed by atoms with Crippen molar-refractivity contribution in [2.24, 2.45) is 0 Å². The summed E-state index contributed by atoms with van der Waals surface area (Å²) in [5.74, 6) is 0.214. The van der Waals surface area contributed by atoms with Gasteiger partial charge in [-0.1, -0.05) is 12.1 Å². The Labute approximate surface area is 230 Å². The van der Waals surface area contributed by atoms with E-state index >= 15 is 0 Å². The van der Waals surface area contributed by atoms with Gasteiger partial charge in [0.15, 0.2) is 29.7 Å². The number of Topliss-reactive ketones (excluding diaryl/α,β-unsaturated/α-hetero) is 2. The van der Waals surface area contributed by atoms with Crippen molar-refractivity contribution in [2.75, 3.05) is 19.0 Å². The van der Waals surface area contributed by atoms with Crippen molar-refractivity contribution in [3.8, 4) is 11.5 Å². The van der Waals surface area contributed by atoms with Crippen LogP contribution in [-0.2, 0) is 14.4 Å². The topological polar surface area (TPSA) is 93.7 Å². The third kappa shape index (κ3) is 5.01. The van der Waals surface area contributed by atoms with E-state index in [0.29, 0.717) is 40.0 Å². The van der Waals surface area contributed by atoms with E-state index < -0.39 is 5.92 Å². The number of methoxy groups -OCH3 is 1. The molecule has 2 N–H and O–H groups in total. The number of dihydropyridines is 1. The summed E-state index contributed by atoms with van der Waals surface area (Å²) in [5.41, 5.74) is 6.76. The lowest BCUT2D eigenvalue weighted by Gasteiger charge is -2.37. The fraction of sp³-hybridized carbons (Fsp3) is 0.367. The van der Waals surface area contributed by atoms with Crippen LogP contribution in [0.3, 0.4) is 0 Å². The van der Waals surface area contributed by atoms with E-state index in [1.54, 1.807) is 0 Å². The summed E-state index contributed by atoms with van der Waals surface area (Å²) in [6, 6.07) is 9.56. The molecule has 1 aliphatic heterocycles. The Hall–Kier alpha value is -3.39. The van der Waals surface area contributed by atoms with Gasteiger partial charge in [-0.3, -0.25) is 14.4 Å². The number of carbonyl (C=O) groups is 3. The molecule has 0 radical (unpaired) electrons. The van der Waals surface area contributed by atoms with Crippen molar-refractivity contribution in [3.63, 3.8) is 0 Å². The van der Waals surface area contributed by atoms with E-state index in [4.69, 9.17) is 9.47 Å². The molecule has 0 bridgehead atoms. The fourth-order valence-electron chi connectivity index (χ4n) is 5.56. The van der Waals surface area contributed by atoms with Gasteiger partial charge in [-0.2, -0.15) is 0 Å². The zero-order valence-corrected chi connectivity index (χ0v) is 23.4.